The predicted octanol–water partition coefficient (Wildman–Crippen LogP) is 0.566. The van der Waals surface area contributed by atoms with Crippen molar-refractivity contribution in [1.82, 2.24) is 4.90 Å². The van der Waals surface area contributed by atoms with Crippen LogP contribution in [0.3, 0.4) is 0 Å². The van der Waals surface area contributed by atoms with Crippen molar-refractivity contribution in [3.63, 3.8) is 0 Å². The van der Waals surface area contributed by atoms with Gasteiger partial charge in [-0.1, -0.05) is 0 Å². The van der Waals surface area contributed by atoms with Crippen LogP contribution < -0.4 is 5.73 Å². The van der Waals surface area contributed by atoms with Crippen molar-refractivity contribution in [3.05, 3.63) is 0 Å². The van der Waals surface area contributed by atoms with E-state index in [4.69, 9.17) is 21.0 Å². The molecule has 0 saturated carbocycles. The lowest BCUT2D eigenvalue weighted by atomic mass is 10.1. The second-order valence-electron chi connectivity index (χ2n) is 4.62. The standard InChI is InChI=1S/C12H25N3O2/c13-12(14)3-1-2-6-15-7-4-11(5-8-15)17-10-9-16/h11,16H,1-10H2,(H3,13,14). The quantitative estimate of drug-likeness (QED) is 0.330. The summed E-state index contributed by atoms with van der Waals surface area (Å²) in [6, 6.07) is 0. The van der Waals surface area contributed by atoms with Crippen LogP contribution in [0.2, 0.25) is 0 Å². The predicted molar refractivity (Wildman–Crippen MR) is 68.3 cm³/mol. The van der Waals surface area contributed by atoms with Crippen LogP contribution in [0.1, 0.15) is 32.1 Å². The molecule has 0 spiro atoms. The summed E-state index contributed by atoms with van der Waals surface area (Å²) in [7, 11) is 0. The minimum absolute atomic E-state index is 0.116. The first-order chi connectivity index (χ1) is 8.22. The molecule has 0 aromatic rings. The second kappa shape index (κ2) is 8.44. The van der Waals surface area contributed by atoms with E-state index in [9.17, 15) is 0 Å². The van der Waals surface area contributed by atoms with Crippen LogP contribution in [-0.2, 0) is 4.74 Å². The first kappa shape index (κ1) is 14.4. The van der Waals surface area contributed by atoms with Crippen LogP contribution in [-0.4, -0.2) is 54.8 Å². The fourth-order valence-electron chi connectivity index (χ4n) is 2.17. The van der Waals surface area contributed by atoms with E-state index in [-0.39, 0.29) is 6.61 Å². The first-order valence-corrected chi connectivity index (χ1v) is 6.50. The number of nitrogens with one attached hydrogen (secondary N) is 1. The van der Waals surface area contributed by atoms with E-state index in [1.54, 1.807) is 0 Å². The lowest BCUT2D eigenvalue weighted by Gasteiger charge is -2.31. The second-order valence-corrected chi connectivity index (χ2v) is 4.62. The van der Waals surface area contributed by atoms with Crippen LogP contribution in [0.4, 0.5) is 0 Å². The van der Waals surface area contributed by atoms with Gasteiger partial charge in [0.1, 0.15) is 0 Å². The Bertz CT molecular complexity index is 216. The zero-order valence-corrected chi connectivity index (χ0v) is 10.5. The van der Waals surface area contributed by atoms with Crippen molar-refractivity contribution in [1.29, 1.82) is 5.41 Å². The molecule has 0 aliphatic carbocycles. The van der Waals surface area contributed by atoms with Crippen LogP contribution in [0.5, 0.6) is 0 Å². The number of ether oxygens (including phenoxy) is 1. The SMILES string of the molecule is N=C(N)CCCCN1CCC(OCCO)CC1. The van der Waals surface area contributed by atoms with Gasteiger partial charge in [-0.2, -0.15) is 0 Å². The van der Waals surface area contributed by atoms with Crippen molar-refractivity contribution in [2.24, 2.45) is 5.73 Å². The number of likely N-dealkylation sites (tertiary alicyclic amines) is 1. The Labute approximate surface area is 103 Å². The number of nitrogens with zero attached hydrogens (tertiary/aromatic N) is 1. The number of piperidine rings is 1. The Balaban J connectivity index is 2.01. The number of hydrogen-bond donors (Lipinski definition) is 3. The summed E-state index contributed by atoms with van der Waals surface area (Å²) >= 11 is 0. The van der Waals surface area contributed by atoms with Crippen molar-refractivity contribution in [3.8, 4) is 0 Å². The molecule has 0 bridgehead atoms. The summed E-state index contributed by atoms with van der Waals surface area (Å²) in [5.41, 5.74) is 5.31. The Hall–Kier alpha value is -0.650. The molecule has 1 aliphatic heterocycles. The summed E-state index contributed by atoms with van der Waals surface area (Å²) in [5.74, 6) is 0.293. The zero-order chi connectivity index (χ0) is 12.5. The van der Waals surface area contributed by atoms with Crippen molar-refractivity contribution < 1.29 is 9.84 Å². The van der Waals surface area contributed by atoms with Crippen molar-refractivity contribution in [2.45, 2.75) is 38.2 Å². The van der Waals surface area contributed by atoms with Crippen LogP contribution in [0, 0.1) is 5.41 Å². The molecule has 5 nitrogen and oxygen atoms in total. The highest BCUT2D eigenvalue weighted by molar-refractivity contribution is 5.76. The summed E-state index contributed by atoms with van der Waals surface area (Å²) in [5, 5.41) is 15.8. The number of hydrogen-bond acceptors (Lipinski definition) is 4. The minimum Gasteiger partial charge on any atom is -0.394 e. The van der Waals surface area contributed by atoms with Gasteiger partial charge in [0.05, 0.1) is 25.2 Å². The smallest absolute Gasteiger partial charge is 0.0905 e. The first-order valence-electron chi connectivity index (χ1n) is 6.50. The third-order valence-corrected chi connectivity index (χ3v) is 3.15. The molecule has 1 heterocycles. The van der Waals surface area contributed by atoms with E-state index in [2.05, 4.69) is 4.90 Å². The van der Waals surface area contributed by atoms with Gasteiger partial charge in [-0.15, -0.1) is 0 Å². The van der Waals surface area contributed by atoms with Crippen LogP contribution in [0.15, 0.2) is 0 Å². The Kier molecular flexibility index (Phi) is 7.16. The zero-order valence-electron chi connectivity index (χ0n) is 10.5. The average Bonchev–Trinajstić information content (AvgIpc) is 2.33. The topological polar surface area (TPSA) is 82.6 Å². The lowest BCUT2D eigenvalue weighted by molar-refractivity contribution is -0.00784. The van der Waals surface area contributed by atoms with Gasteiger partial charge in [-0.3, -0.25) is 5.41 Å². The number of rotatable bonds is 8. The molecule has 1 saturated heterocycles. The fourth-order valence-corrected chi connectivity index (χ4v) is 2.17. The van der Waals surface area contributed by atoms with E-state index in [1.165, 1.54) is 0 Å². The van der Waals surface area contributed by atoms with Gasteiger partial charge >= 0.3 is 0 Å². The highest BCUT2D eigenvalue weighted by atomic mass is 16.5. The summed E-state index contributed by atoms with van der Waals surface area (Å²) in [6.45, 7) is 3.83. The molecule has 0 radical (unpaired) electrons. The van der Waals surface area contributed by atoms with E-state index >= 15 is 0 Å². The summed E-state index contributed by atoms with van der Waals surface area (Å²) in [6.07, 6.45) is 5.30. The van der Waals surface area contributed by atoms with Gasteiger partial charge in [0, 0.05) is 19.5 Å². The van der Waals surface area contributed by atoms with Gasteiger partial charge in [0.15, 0.2) is 0 Å². The highest BCUT2D eigenvalue weighted by Gasteiger charge is 2.18. The molecule has 0 amide bonds. The number of unbranched alkanes of at least 4 members (excludes halogenated alkanes) is 1. The molecule has 5 heteroatoms. The van der Waals surface area contributed by atoms with Gasteiger partial charge < -0.3 is 20.5 Å². The molecule has 1 rings (SSSR count). The molecular formula is C12H25N3O2. The Morgan fingerprint density at radius 3 is 2.65 bits per heavy atom. The maximum Gasteiger partial charge on any atom is 0.0905 e. The van der Waals surface area contributed by atoms with Crippen molar-refractivity contribution >= 4 is 5.84 Å². The molecule has 0 unspecified atom stereocenters. The monoisotopic (exact) mass is 243 g/mol. The molecule has 0 aromatic heterocycles. The normalized spacial score (nSPS) is 18.4. The maximum atomic E-state index is 8.67. The number of amidine groups is 1. The molecule has 1 fully saturated rings. The third-order valence-electron chi connectivity index (χ3n) is 3.15. The number of aliphatic hydroxyl groups excluding tert-OH is 1. The van der Waals surface area contributed by atoms with Crippen molar-refractivity contribution in [2.75, 3.05) is 32.8 Å². The molecule has 0 aromatic carbocycles. The van der Waals surface area contributed by atoms with Crippen LogP contribution in [0.25, 0.3) is 0 Å². The summed E-state index contributed by atoms with van der Waals surface area (Å²) < 4.78 is 5.52. The molecule has 4 N–H and O–H groups in total. The maximum absolute atomic E-state index is 8.67. The average molecular weight is 243 g/mol. The van der Waals surface area contributed by atoms with Crippen LogP contribution >= 0.6 is 0 Å². The molecule has 0 atom stereocenters. The van der Waals surface area contributed by atoms with E-state index in [0.29, 0.717) is 18.5 Å². The van der Waals surface area contributed by atoms with Gasteiger partial charge in [0.25, 0.3) is 0 Å². The highest BCUT2D eigenvalue weighted by Crippen LogP contribution is 2.14. The summed E-state index contributed by atoms with van der Waals surface area (Å²) in [4.78, 5) is 2.44. The molecule has 1 aliphatic rings. The van der Waals surface area contributed by atoms with E-state index in [1.807, 2.05) is 0 Å². The van der Waals surface area contributed by atoms with Gasteiger partial charge in [-0.05, 0) is 32.2 Å². The molecule has 17 heavy (non-hydrogen) atoms. The lowest BCUT2D eigenvalue weighted by Crippen LogP contribution is -2.37. The molecule has 100 valence electrons. The fraction of sp³-hybridized carbons (Fsp3) is 0.917. The van der Waals surface area contributed by atoms with Gasteiger partial charge in [0.2, 0.25) is 0 Å². The minimum atomic E-state index is 0.116. The molecular weight excluding hydrogens is 218 g/mol. The Morgan fingerprint density at radius 2 is 2.06 bits per heavy atom. The van der Waals surface area contributed by atoms with E-state index in [0.717, 1.165) is 51.7 Å². The van der Waals surface area contributed by atoms with E-state index < -0.39 is 0 Å². The van der Waals surface area contributed by atoms with Gasteiger partial charge in [-0.25, -0.2) is 0 Å². The number of aliphatic hydroxyl groups is 1. The third kappa shape index (κ3) is 6.61. The largest absolute Gasteiger partial charge is 0.394 e. The number of nitrogens with two attached hydrogens (primary N) is 1. The Morgan fingerprint density at radius 1 is 1.35 bits per heavy atom.